The molecule has 0 aromatic heterocycles. The second-order valence-corrected chi connectivity index (χ2v) is 9.41. The van der Waals surface area contributed by atoms with Crippen LogP contribution in [-0.4, -0.2) is 45.0 Å². The first-order chi connectivity index (χ1) is 8.35. The highest BCUT2D eigenvalue weighted by molar-refractivity contribution is 6.72. The first-order valence-corrected chi connectivity index (χ1v) is 9.27. The molecule has 1 aliphatic rings. The normalized spacial score (nSPS) is 25.5. The summed E-state index contributed by atoms with van der Waals surface area (Å²) in [5, 5.41) is 0. The van der Waals surface area contributed by atoms with Gasteiger partial charge in [-0.05, 0) is 19.5 Å². The SMILES string of the molecule is CCCC(F)[Si](C)(C)OCC1(C=O)COC(C)=N1. The van der Waals surface area contributed by atoms with Gasteiger partial charge < -0.3 is 14.0 Å². The number of nitrogens with zero attached hydrogens (tertiary/aromatic N) is 1. The Hall–Kier alpha value is -0.753. The van der Waals surface area contributed by atoms with E-state index in [9.17, 15) is 9.18 Å². The molecule has 0 aliphatic carbocycles. The molecule has 18 heavy (non-hydrogen) atoms. The van der Waals surface area contributed by atoms with Gasteiger partial charge in [-0.15, -0.1) is 0 Å². The second-order valence-electron chi connectivity index (χ2n) is 5.29. The van der Waals surface area contributed by atoms with E-state index in [-0.39, 0.29) is 13.2 Å². The van der Waals surface area contributed by atoms with Gasteiger partial charge in [-0.25, -0.2) is 9.38 Å². The van der Waals surface area contributed by atoms with Gasteiger partial charge in [0.2, 0.25) is 8.32 Å². The molecule has 104 valence electrons. The average Bonchev–Trinajstić information content (AvgIpc) is 2.70. The zero-order valence-corrected chi connectivity index (χ0v) is 12.5. The molecule has 2 unspecified atom stereocenters. The quantitative estimate of drug-likeness (QED) is 0.529. The van der Waals surface area contributed by atoms with Crippen molar-refractivity contribution < 1.29 is 18.3 Å². The molecule has 1 rings (SSSR count). The largest absolute Gasteiger partial charge is 0.478 e. The van der Waals surface area contributed by atoms with E-state index in [4.69, 9.17) is 9.16 Å². The fourth-order valence-electron chi connectivity index (χ4n) is 1.78. The predicted molar refractivity (Wildman–Crippen MR) is 71.1 cm³/mol. The van der Waals surface area contributed by atoms with Gasteiger partial charge in [0.05, 0.1) is 6.61 Å². The van der Waals surface area contributed by atoms with Crippen molar-refractivity contribution in [3.05, 3.63) is 0 Å². The van der Waals surface area contributed by atoms with Gasteiger partial charge in [0, 0.05) is 6.92 Å². The highest BCUT2D eigenvalue weighted by Crippen LogP contribution is 2.23. The molecule has 0 bridgehead atoms. The van der Waals surface area contributed by atoms with Gasteiger partial charge in [-0.2, -0.15) is 0 Å². The van der Waals surface area contributed by atoms with Gasteiger partial charge in [0.25, 0.3) is 0 Å². The van der Waals surface area contributed by atoms with Crippen LogP contribution >= 0.6 is 0 Å². The second kappa shape index (κ2) is 5.93. The van der Waals surface area contributed by atoms with Crippen LogP contribution in [0.25, 0.3) is 0 Å². The molecule has 2 atom stereocenters. The van der Waals surface area contributed by atoms with Crippen molar-refractivity contribution in [3.8, 4) is 0 Å². The molecule has 0 saturated heterocycles. The highest BCUT2D eigenvalue weighted by Gasteiger charge is 2.41. The maximum absolute atomic E-state index is 13.9. The minimum Gasteiger partial charge on any atom is -0.478 e. The third kappa shape index (κ3) is 3.62. The van der Waals surface area contributed by atoms with Crippen LogP contribution in [0.1, 0.15) is 26.7 Å². The number of carbonyl (C=O) groups is 1. The van der Waals surface area contributed by atoms with Crippen molar-refractivity contribution in [2.45, 2.75) is 51.1 Å². The van der Waals surface area contributed by atoms with Crippen LogP contribution in [0, 0.1) is 0 Å². The Morgan fingerprint density at radius 2 is 2.33 bits per heavy atom. The van der Waals surface area contributed by atoms with Crippen molar-refractivity contribution >= 4 is 20.5 Å². The Labute approximate surface area is 109 Å². The van der Waals surface area contributed by atoms with Crippen LogP contribution in [-0.2, 0) is 14.0 Å². The molecule has 0 saturated carbocycles. The highest BCUT2D eigenvalue weighted by atomic mass is 28.4. The minimum atomic E-state index is -2.43. The summed E-state index contributed by atoms with van der Waals surface area (Å²) >= 11 is 0. The Balaban J connectivity index is 2.61. The van der Waals surface area contributed by atoms with E-state index < -0.39 is 19.7 Å². The number of aldehydes is 1. The lowest BCUT2D eigenvalue weighted by Gasteiger charge is -2.29. The van der Waals surface area contributed by atoms with E-state index >= 15 is 0 Å². The Bertz CT molecular complexity index is 335. The Morgan fingerprint density at radius 3 is 2.78 bits per heavy atom. The maximum atomic E-state index is 13.9. The van der Waals surface area contributed by atoms with Gasteiger partial charge in [0.1, 0.15) is 12.4 Å². The molecule has 0 radical (unpaired) electrons. The molecule has 4 nitrogen and oxygen atoms in total. The van der Waals surface area contributed by atoms with E-state index in [0.29, 0.717) is 12.3 Å². The Morgan fingerprint density at radius 1 is 1.67 bits per heavy atom. The zero-order chi connectivity index (χ0) is 13.8. The van der Waals surface area contributed by atoms with Crippen LogP contribution < -0.4 is 0 Å². The van der Waals surface area contributed by atoms with E-state index in [2.05, 4.69) is 4.99 Å². The molecule has 0 aromatic carbocycles. The summed E-state index contributed by atoms with van der Waals surface area (Å²) in [5.41, 5.74) is -0.972. The third-order valence-electron chi connectivity index (χ3n) is 3.12. The number of alkyl halides is 1. The third-order valence-corrected chi connectivity index (χ3v) is 5.81. The summed E-state index contributed by atoms with van der Waals surface area (Å²) in [6, 6.07) is 0. The fourth-order valence-corrected chi connectivity index (χ4v) is 3.56. The van der Waals surface area contributed by atoms with E-state index in [0.717, 1.165) is 12.7 Å². The van der Waals surface area contributed by atoms with Crippen molar-refractivity contribution in [1.82, 2.24) is 0 Å². The van der Waals surface area contributed by atoms with Crippen LogP contribution in [0.15, 0.2) is 4.99 Å². The monoisotopic (exact) mass is 275 g/mol. The number of aliphatic imine (C=N–C) groups is 1. The summed E-state index contributed by atoms with van der Waals surface area (Å²) in [6.07, 6.45) is 2.04. The molecule has 1 aliphatic heterocycles. The van der Waals surface area contributed by atoms with Gasteiger partial charge in [-0.1, -0.05) is 13.3 Å². The first kappa shape index (κ1) is 15.3. The summed E-state index contributed by atoms with van der Waals surface area (Å²) in [6.45, 7) is 7.61. The summed E-state index contributed by atoms with van der Waals surface area (Å²) in [4.78, 5) is 15.3. The molecule has 6 heteroatoms. The van der Waals surface area contributed by atoms with Crippen molar-refractivity contribution in [3.63, 3.8) is 0 Å². The van der Waals surface area contributed by atoms with Gasteiger partial charge in [0.15, 0.2) is 17.7 Å². The lowest BCUT2D eigenvalue weighted by Crippen LogP contribution is -2.47. The molecule has 0 fully saturated rings. The number of halogens is 1. The first-order valence-electron chi connectivity index (χ1n) is 6.29. The summed E-state index contributed by atoms with van der Waals surface area (Å²) in [7, 11) is -2.43. The number of carbonyl (C=O) groups excluding carboxylic acids is 1. The maximum Gasteiger partial charge on any atom is 0.221 e. The fraction of sp³-hybridized carbons (Fsp3) is 0.833. The average molecular weight is 275 g/mol. The van der Waals surface area contributed by atoms with Crippen LogP contribution in [0.2, 0.25) is 13.1 Å². The lowest BCUT2D eigenvalue weighted by atomic mass is 10.1. The van der Waals surface area contributed by atoms with Crippen LogP contribution in [0.3, 0.4) is 0 Å². The molecular weight excluding hydrogens is 253 g/mol. The zero-order valence-electron chi connectivity index (χ0n) is 11.5. The lowest BCUT2D eigenvalue weighted by molar-refractivity contribution is -0.113. The molecule has 1 heterocycles. The molecule has 0 amide bonds. The minimum absolute atomic E-state index is 0.108. The number of rotatable bonds is 7. The predicted octanol–water partition coefficient (Wildman–Crippen LogP) is 2.27. The number of hydrogen-bond donors (Lipinski definition) is 0. The number of hydrogen-bond acceptors (Lipinski definition) is 4. The van der Waals surface area contributed by atoms with E-state index in [1.54, 1.807) is 6.92 Å². The van der Waals surface area contributed by atoms with Crippen molar-refractivity contribution in [2.75, 3.05) is 13.2 Å². The number of ether oxygens (including phenoxy) is 1. The van der Waals surface area contributed by atoms with Crippen molar-refractivity contribution in [1.29, 1.82) is 0 Å². The van der Waals surface area contributed by atoms with Gasteiger partial charge >= 0.3 is 0 Å². The van der Waals surface area contributed by atoms with Crippen LogP contribution in [0.5, 0.6) is 0 Å². The standard InChI is InChI=1S/C12H22FNO3Si/c1-5-6-11(13)18(3,4)17-9-12(7-15)8-16-10(2)14-12/h7,11H,5-6,8-9H2,1-4H3. The molecule has 0 N–H and O–H groups in total. The topological polar surface area (TPSA) is 47.9 Å². The summed E-state index contributed by atoms with van der Waals surface area (Å²) in [5.74, 6) is -0.436. The van der Waals surface area contributed by atoms with Gasteiger partial charge in [-0.3, -0.25) is 0 Å². The smallest absolute Gasteiger partial charge is 0.221 e. The Kier molecular flexibility index (Phi) is 5.04. The van der Waals surface area contributed by atoms with E-state index in [1.807, 2.05) is 20.0 Å². The van der Waals surface area contributed by atoms with E-state index in [1.165, 1.54) is 0 Å². The van der Waals surface area contributed by atoms with Crippen LogP contribution in [0.4, 0.5) is 4.39 Å². The summed E-state index contributed by atoms with van der Waals surface area (Å²) < 4.78 is 24.9. The molecular formula is C12H22FNO3Si. The molecule has 0 aromatic rings. The van der Waals surface area contributed by atoms with Crippen molar-refractivity contribution in [2.24, 2.45) is 4.99 Å². The molecule has 0 spiro atoms.